The quantitative estimate of drug-likeness (QED) is 0.512. The molecule has 18 heavy (non-hydrogen) atoms. The molecule has 0 spiro atoms. The molecule has 0 aliphatic heterocycles. The molecule has 0 radical (unpaired) electrons. The molecular weight excluding hydrogens is 303 g/mol. The fourth-order valence-electron chi connectivity index (χ4n) is 1.22. The van der Waals surface area contributed by atoms with E-state index < -0.39 is 31.6 Å². The van der Waals surface area contributed by atoms with Crippen LogP contribution in [0.15, 0.2) is 23.1 Å². The topological polar surface area (TPSA) is 89.3 Å². The van der Waals surface area contributed by atoms with Crippen LogP contribution in [-0.2, 0) is 10.0 Å². The lowest BCUT2D eigenvalue weighted by Crippen LogP contribution is -2.34. The van der Waals surface area contributed by atoms with E-state index in [0.29, 0.717) is 0 Å². The van der Waals surface area contributed by atoms with E-state index in [2.05, 4.69) is 4.72 Å². The van der Waals surface area contributed by atoms with Crippen molar-refractivity contribution in [2.45, 2.75) is 17.9 Å². The van der Waals surface area contributed by atoms with E-state index in [-0.39, 0.29) is 10.9 Å². The van der Waals surface area contributed by atoms with Gasteiger partial charge in [0.05, 0.1) is 4.92 Å². The zero-order valence-corrected chi connectivity index (χ0v) is 11.6. The van der Waals surface area contributed by atoms with Crippen molar-refractivity contribution in [1.29, 1.82) is 0 Å². The highest BCUT2D eigenvalue weighted by molar-refractivity contribution is 7.89. The lowest BCUT2D eigenvalue weighted by atomic mass is 10.3. The Hall–Kier alpha value is -0.890. The van der Waals surface area contributed by atoms with Gasteiger partial charge in [0.15, 0.2) is 4.90 Å². The third-order valence-corrected chi connectivity index (χ3v) is 4.33. The maximum atomic E-state index is 11.9. The molecule has 0 saturated heterocycles. The van der Waals surface area contributed by atoms with Gasteiger partial charge < -0.3 is 0 Å². The van der Waals surface area contributed by atoms with Crippen LogP contribution >= 0.6 is 23.2 Å². The molecule has 1 aromatic carbocycles. The number of rotatable bonds is 5. The minimum absolute atomic E-state index is 0.0562. The van der Waals surface area contributed by atoms with Crippen molar-refractivity contribution in [1.82, 2.24) is 4.72 Å². The molecule has 0 aliphatic rings. The summed E-state index contributed by atoms with van der Waals surface area (Å²) in [5.41, 5.74) is -0.572. The van der Waals surface area contributed by atoms with Crippen molar-refractivity contribution in [2.24, 2.45) is 0 Å². The van der Waals surface area contributed by atoms with Crippen molar-refractivity contribution in [2.75, 3.05) is 5.88 Å². The van der Waals surface area contributed by atoms with E-state index in [9.17, 15) is 18.5 Å². The Balaban J connectivity index is 3.28. The first kappa shape index (κ1) is 15.2. The normalized spacial score (nSPS) is 13.3. The van der Waals surface area contributed by atoms with Crippen LogP contribution in [-0.4, -0.2) is 25.3 Å². The predicted octanol–water partition coefficient (Wildman–Crippen LogP) is 2.15. The van der Waals surface area contributed by atoms with Gasteiger partial charge in [-0.05, 0) is 19.1 Å². The lowest BCUT2D eigenvalue weighted by molar-refractivity contribution is -0.387. The number of nitrogens with one attached hydrogen (secondary N) is 1. The van der Waals surface area contributed by atoms with E-state index in [0.717, 1.165) is 12.1 Å². The van der Waals surface area contributed by atoms with E-state index >= 15 is 0 Å². The highest BCUT2D eigenvalue weighted by Crippen LogP contribution is 2.27. The predicted molar refractivity (Wildman–Crippen MR) is 68.6 cm³/mol. The highest BCUT2D eigenvalue weighted by atomic mass is 35.5. The van der Waals surface area contributed by atoms with Crippen molar-refractivity contribution in [3.05, 3.63) is 33.3 Å². The Morgan fingerprint density at radius 1 is 1.50 bits per heavy atom. The third-order valence-electron chi connectivity index (χ3n) is 1.99. The summed E-state index contributed by atoms with van der Waals surface area (Å²) in [6.07, 6.45) is 0. The Kier molecular flexibility index (Phi) is 4.92. The average Bonchev–Trinajstić information content (AvgIpc) is 2.27. The fourth-order valence-corrected chi connectivity index (χ4v) is 2.95. The number of benzene rings is 1. The molecule has 6 nitrogen and oxygen atoms in total. The number of nitro benzene ring substituents is 1. The summed E-state index contributed by atoms with van der Waals surface area (Å²) in [7, 11) is -4.00. The molecule has 0 aromatic heterocycles. The number of sulfonamides is 1. The summed E-state index contributed by atoms with van der Waals surface area (Å²) in [6.45, 7) is 1.55. The third kappa shape index (κ3) is 3.55. The van der Waals surface area contributed by atoms with Crippen LogP contribution in [0.1, 0.15) is 6.92 Å². The fraction of sp³-hybridized carbons (Fsp3) is 0.333. The average molecular weight is 313 g/mol. The van der Waals surface area contributed by atoms with Crippen LogP contribution in [0.25, 0.3) is 0 Å². The smallest absolute Gasteiger partial charge is 0.258 e. The molecule has 1 atom stereocenters. The van der Waals surface area contributed by atoms with Crippen LogP contribution in [0.2, 0.25) is 5.02 Å². The van der Waals surface area contributed by atoms with Gasteiger partial charge in [-0.2, -0.15) is 0 Å². The van der Waals surface area contributed by atoms with Gasteiger partial charge >= 0.3 is 0 Å². The van der Waals surface area contributed by atoms with Gasteiger partial charge in [0, 0.05) is 23.0 Å². The van der Waals surface area contributed by atoms with Crippen molar-refractivity contribution in [3.63, 3.8) is 0 Å². The first-order valence-corrected chi connectivity index (χ1v) is 7.19. The summed E-state index contributed by atoms with van der Waals surface area (Å²) in [5, 5.41) is 10.9. The van der Waals surface area contributed by atoms with Gasteiger partial charge in [-0.15, -0.1) is 11.6 Å². The zero-order chi connectivity index (χ0) is 13.9. The number of halogens is 2. The SMILES string of the molecule is CC(CCl)NS(=O)(=O)c1ccc(Cl)cc1[N+](=O)[O-]. The number of nitrogens with zero attached hydrogens (tertiary/aromatic N) is 1. The van der Waals surface area contributed by atoms with E-state index in [1.807, 2.05) is 0 Å². The van der Waals surface area contributed by atoms with Gasteiger partial charge in [-0.1, -0.05) is 11.6 Å². The molecule has 0 aliphatic carbocycles. The second kappa shape index (κ2) is 5.83. The summed E-state index contributed by atoms with van der Waals surface area (Å²) in [6, 6.07) is 2.81. The van der Waals surface area contributed by atoms with Crippen molar-refractivity contribution < 1.29 is 13.3 Å². The molecule has 100 valence electrons. The van der Waals surface area contributed by atoms with Gasteiger partial charge in [0.2, 0.25) is 10.0 Å². The monoisotopic (exact) mass is 312 g/mol. The summed E-state index contributed by atoms with van der Waals surface area (Å²) < 4.78 is 26.1. The second-order valence-electron chi connectivity index (χ2n) is 3.55. The van der Waals surface area contributed by atoms with Crippen LogP contribution in [0.3, 0.4) is 0 Å². The minimum Gasteiger partial charge on any atom is -0.258 e. The van der Waals surface area contributed by atoms with E-state index in [1.165, 1.54) is 6.07 Å². The largest absolute Gasteiger partial charge is 0.290 e. The molecule has 0 saturated carbocycles. The molecule has 0 heterocycles. The molecule has 1 rings (SSSR count). The Morgan fingerprint density at radius 3 is 2.61 bits per heavy atom. The number of hydrogen-bond acceptors (Lipinski definition) is 4. The summed E-state index contributed by atoms with van der Waals surface area (Å²) in [4.78, 5) is 9.57. The minimum atomic E-state index is -4.00. The van der Waals surface area contributed by atoms with E-state index in [4.69, 9.17) is 23.2 Å². The standard InChI is InChI=1S/C9H10Cl2N2O4S/c1-6(5-10)12-18(16,17)9-3-2-7(11)4-8(9)13(14)15/h2-4,6,12H,5H2,1H3. The zero-order valence-electron chi connectivity index (χ0n) is 9.26. The molecule has 0 amide bonds. The first-order valence-electron chi connectivity index (χ1n) is 4.80. The van der Waals surface area contributed by atoms with Crippen LogP contribution in [0.5, 0.6) is 0 Å². The first-order chi connectivity index (χ1) is 8.27. The van der Waals surface area contributed by atoms with E-state index in [1.54, 1.807) is 6.92 Å². The molecule has 0 bridgehead atoms. The van der Waals surface area contributed by atoms with Crippen molar-refractivity contribution in [3.8, 4) is 0 Å². The molecule has 1 aromatic rings. The number of alkyl halides is 1. The molecule has 0 fully saturated rings. The van der Waals surface area contributed by atoms with Gasteiger partial charge in [-0.3, -0.25) is 10.1 Å². The van der Waals surface area contributed by atoms with Crippen molar-refractivity contribution >= 4 is 38.9 Å². The number of nitro groups is 1. The highest BCUT2D eigenvalue weighted by Gasteiger charge is 2.27. The second-order valence-corrected chi connectivity index (χ2v) is 5.97. The maximum Gasteiger partial charge on any atom is 0.290 e. The molecule has 1 N–H and O–H groups in total. The Morgan fingerprint density at radius 2 is 2.11 bits per heavy atom. The van der Waals surface area contributed by atoms with Gasteiger partial charge in [0.1, 0.15) is 0 Å². The lowest BCUT2D eigenvalue weighted by Gasteiger charge is -2.11. The summed E-state index contributed by atoms with van der Waals surface area (Å²) in [5.74, 6) is 0.0562. The maximum absolute atomic E-state index is 11.9. The molecular formula is C9H10Cl2N2O4S. The Bertz CT molecular complexity index is 562. The molecule has 9 heteroatoms. The molecule has 1 unspecified atom stereocenters. The Labute approximate surface area is 114 Å². The van der Waals surface area contributed by atoms with Crippen LogP contribution in [0.4, 0.5) is 5.69 Å². The summed E-state index contributed by atoms with van der Waals surface area (Å²) >= 11 is 11.1. The van der Waals surface area contributed by atoms with Gasteiger partial charge in [-0.25, -0.2) is 13.1 Å². The van der Waals surface area contributed by atoms with Crippen LogP contribution < -0.4 is 4.72 Å². The van der Waals surface area contributed by atoms with Gasteiger partial charge in [0.25, 0.3) is 5.69 Å². The number of hydrogen-bond donors (Lipinski definition) is 1. The van der Waals surface area contributed by atoms with Crippen LogP contribution in [0, 0.1) is 10.1 Å².